The first kappa shape index (κ1) is 13.4. The molecule has 0 bridgehead atoms. The molecule has 0 saturated carbocycles. The summed E-state index contributed by atoms with van der Waals surface area (Å²) < 4.78 is 15.8. The molecule has 0 heterocycles. The first-order valence-corrected chi connectivity index (χ1v) is 5.60. The number of carbonyl (C=O) groups is 1. The molecule has 0 aliphatic heterocycles. The van der Waals surface area contributed by atoms with Crippen LogP contribution in [0.5, 0.6) is 17.2 Å². The molecule has 0 amide bonds. The van der Waals surface area contributed by atoms with Crippen LogP contribution in [0.3, 0.4) is 0 Å². The van der Waals surface area contributed by atoms with E-state index in [9.17, 15) is 4.79 Å². The molecule has 1 aromatic carbocycles. The largest absolute Gasteiger partial charge is 0.494 e. The minimum Gasteiger partial charge on any atom is -0.494 e. The molecule has 4 heteroatoms. The Hall–Kier alpha value is -1.71. The smallest absolute Gasteiger partial charge is 0.311 e. The van der Waals surface area contributed by atoms with Gasteiger partial charge in [0, 0.05) is 24.6 Å². The third kappa shape index (κ3) is 4.34. The van der Waals surface area contributed by atoms with Gasteiger partial charge >= 0.3 is 5.97 Å². The Balaban J connectivity index is 2.90. The quantitative estimate of drug-likeness (QED) is 0.563. The summed E-state index contributed by atoms with van der Waals surface area (Å²) in [6.07, 6.45) is 0.0861. The zero-order valence-electron chi connectivity index (χ0n) is 10.2. The highest BCUT2D eigenvalue weighted by molar-refractivity contribution is 5.73. The van der Waals surface area contributed by atoms with Crippen LogP contribution in [0.25, 0.3) is 0 Å². The van der Waals surface area contributed by atoms with Gasteiger partial charge < -0.3 is 14.2 Å². The maximum Gasteiger partial charge on any atom is 0.311 e. The molecule has 1 rings (SSSR count). The van der Waals surface area contributed by atoms with Gasteiger partial charge in [-0.25, -0.2) is 0 Å². The molecular formula is C13H17O4. The second-order valence-corrected chi connectivity index (χ2v) is 3.23. The van der Waals surface area contributed by atoms with Crippen molar-refractivity contribution in [3.63, 3.8) is 0 Å². The lowest BCUT2D eigenvalue weighted by Gasteiger charge is -2.10. The highest BCUT2D eigenvalue weighted by atomic mass is 16.5. The zero-order valence-corrected chi connectivity index (χ0v) is 10.2. The number of carbonyl (C=O) groups excluding carboxylic acids is 1. The fourth-order valence-electron chi connectivity index (χ4n) is 1.29. The van der Waals surface area contributed by atoms with Gasteiger partial charge in [-0.15, -0.1) is 0 Å². The maximum atomic E-state index is 11.2. The minimum absolute atomic E-state index is 0.0861. The molecule has 0 spiro atoms. The predicted octanol–water partition coefficient (Wildman–Crippen LogP) is 2.61. The molecule has 0 atom stereocenters. The lowest BCUT2D eigenvalue weighted by atomic mass is 10.3. The summed E-state index contributed by atoms with van der Waals surface area (Å²) in [5, 5.41) is 0. The summed E-state index contributed by atoms with van der Waals surface area (Å²) >= 11 is 0. The molecule has 0 aromatic heterocycles. The van der Waals surface area contributed by atoms with E-state index in [1.165, 1.54) is 0 Å². The first-order chi connectivity index (χ1) is 8.19. The molecule has 1 radical (unpaired) electrons. The summed E-state index contributed by atoms with van der Waals surface area (Å²) in [6.45, 7) is 8.31. The summed E-state index contributed by atoms with van der Waals surface area (Å²) in [6, 6.07) is 5.06. The van der Waals surface area contributed by atoms with Crippen LogP contribution in [-0.4, -0.2) is 19.2 Å². The van der Waals surface area contributed by atoms with Crippen molar-refractivity contribution in [2.75, 3.05) is 13.2 Å². The van der Waals surface area contributed by atoms with Crippen LogP contribution in [0.4, 0.5) is 0 Å². The molecule has 0 aliphatic rings. The molecule has 1 aromatic rings. The number of esters is 1. The Morgan fingerprint density at radius 2 is 1.53 bits per heavy atom. The Labute approximate surface area is 101 Å². The van der Waals surface area contributed by atoms with Gasteiger partial charge in [-0.05, 0) is 20.8 Å². The molecule has 17 heavy (non-hydrogen) atoms. The third-order valence-corrected chi connectivity index (χ3v) is 1.91. The second-order valence-electron chi connectivity index (χ2n) is 3.23. The Bertz CT molecular complexity index is 349. The van der Waals surface area contributed by atoms with Crippen LogP contribution in [0, 0.1) is 6.92 Å². The monoisotopic (exact) mass is 237 g/mol. The van der Waals surface area contributed by atoms with Crippen LogP contribution in [0.1, 0.15) is 20.3 Å². The summed E-state index contributed by atoms with van der Waals surface area (Å²) in [5.41, 5.74) is 0. The van der Waals surface area contributed by atoms with E-state index < -0.39 is 0 Å². The molecular weight excluding hydrogens is 220 g/mol. The molecule has 0 fully saturated rings. The van der Waals surface area contributed by atoms with E-state index in [1.807, 2.05) is 13.8 Å². The van der Waals surface area contributed by atoms with Crippen molar-refractivity contribution in [2.24, 2.45) is 0 Å². The van der Waals surface area contributed by atoms with Gasteiger partial charge in [-0.2, -0.15) is 0 Å². The molecule has 4 nitrogen and oxygen atoms in total. The lowest BCUT2D eigenvalue weighted by Crippen LogP contribution is -2.06. The van der Waals surface area contributed by atoms with Gasteiger partial charge in [0.25, 0.3) is 0 Å². The fraction of sp³-hybridized carbons (Fsp3) is 0.385. The minimum atomic E-state index is -0.388. The van der Waals surface area contributed by atoms with Gasteiger partial charge in [0.1, 0.15) is 17.2 Å². The van der Waals surface area contributed by atoms with Crippen molar-refractivity contribution in [2.45, 2.75) is 20.3 Å². The Kier molecular flexibility index (Phi) is 5.33. The topological polar surface area (TPSA) is 44.8 Å². The standard InChI is InChI=1S/C13H17O4/c1-4-13(14)17-12-8-10(15-5-2)7-11(9-12)16-6-3/h7-9H,1,4-6H2,2-3H3. The summed E-state index contributed by atoms with van der Waals surface area (Å²) in [4.78, 5) is 11.2. The first-order valence-electron chi connectivity index (χ1n) is 5.60. The normalized spacial score (nSPS) is 9.82. The third-order valence-electron chi connectivity index (χ3n) is 1.91. The van der Waals surface area contributed by atoms with E-state index in [4.69, 9.17) is 14.2 Å². The molecule has 0 N–H and O–H groups in total. The van der Waals surface area contributed by atoms with Gasteiger partial charge in [0.2, 0.25) is 0 Å². The molecule has 0 unspecified atom stereocenters. The molecule has 93 valence electrons. The highest BCUT2D eigenvalue weighted by Gasteiger charge is 2.07. The van der Waals surface area contributed by atoms with E-state index in [0.717, 1.165) is 0 Å². The lowest BCUT2D eigenvalue weighted by molar-refractivity contribution is -0.133. The van der Waals surface area contributed by atoms with Crippen molar-refractivity contribution < 1.29 is 19.0 Å². The maximum absolute atomic E-state index is 11.2. The number of benzene rings is 1. The zero-order chi connectivity index (χ0) is 12.7. The number of rotatable bonds is 6. The van der Waals surface area contributed by atoms with E-state index in [2.05, 4.69) is 6.92 Å². The van der Waals surface area contributed by atoms with E-state index in [0.29, 0.717) is 30.5 Å². The van der Waals surface area contributed by atoms with E-state index in [-0.39, 0.29) is 12.4 Å². The van der Waals surface area contributed by atoms with Crippen molar-refractivity contribution >= 4 is 5.97 Å². The van der Waals surface area contributed by atoms with Gasteiger partial charge in [0.05, 0.1) is 13.2 Å². The van der Waals surface area contributed by atoms with Crippen LogP contribution in [-0.2, 0) is 4.79 Å². The van der Waals surface area contributed by atoms with E-state index >= 15 is 0 Å². The van der Waals surface area contributed by atoms with Crippen LogP contribution in [0.15, 0.2) is 18.2 Å². The van der Waals surface area contributed by atoms with Gasteiger partial charge in [-0.3, -0.25) is 4.79 Å². The predicted molar refractivity (Wildman–Crippen MR) is 64.4 cm³/mol. The van der Waals surface area contributed by atoms with Crippen molar-refractivity contribution in [3.05, 3.63) is 25.1 Å². The van der Waals surface area contributed by atoms with E-state index in [1.54, 1.807) is 18.2 Å². The molecule has 0 saturated heterocycles. The van der Waals surface area contributed by atoms with Crippen LogP contribution < -0.4 is 14.2 Å². The van der Waals surface area contributed by atoms with Crippen LogP contribution >= 0.6 is 0 Å². The number of hydrogen-bond acceptors (Lipinski definition) is 4. The fourth-order valence-corrected chi connectivity index (χ4v) is 1.29. The number of ether oxygens (including phenoxy) is 3. The SMILES string of the molecule is [CH2]CC(=O)Oc1cc(OCC)cc(OCC)c1. The van der Waals surface area contributed by atoms with Crippen molar-refractivity contribution in [3.8, 4) is 17.2 Å². The van der Waals surface area contributed by atoms with Crippen molar-refractivity contribution in [1.29, 1.82) is 0 Å². The Morgan fingerprint density at radius 3 is 1.94 bits per heavy atom. The second kappa shape index (κ2) is 6.78. The molecule has 0 aliphatic carbocycles. The van der Waals surface area contributed by atoms with Gasteiger partial charge in [-0.1, -0.05) is 0 Å². The highest BCUT2D eigenvalue weighted by Crippen LogP contribution is 2.28. The number of hydrogen-bond donors (Lipinski definition) is 0. The van der Waals surface area contributed by atoms with Crippen molar-refractivity contribution in [1.82, 2.24) is 0 Å². The van der Waals surface area contributed by atoms with Crippen LogP contribution in [0.2, 0.25) is 0 Å². The average molecular weight is 237 g/mol. The van der Waals surface area contributed by atoms with Gasteiger partial charge in [0.15, 0.2) is 0 Å². The Morgan fingerprint density at radius 1 is 1.06 bits per heavy atom. The summed E-state index contributed by atoms with van der Waals surface area (Å²) in [7, 11) is 0. The average Bonchev–Trinajstić information content (AvgIpc) is 2.29. The summed E-state index contributed by atoms with van der Waals surface area (Å²) in [5.74, 6) is 1.25.